The Bertz CT molecular complexity index is 411. The van der Waals surface area contributed by atoms with E-state index in [1.165, 1.54) is 32.4 Å². The quantitative estimate of drug-likeness (QED) is 0.862. The van der Waals surface area contributed by atoms with E-state index in [0.29, 0.717) is 18.4 Å². The molecule has 1 aromatic carbocycles. The van der Waals surface area contributed by atoms with Gasteiger partial charge in [0, 0.05) is 0 Å². The molecular weight excluding hydrogens is 245 g/mol. The molecule has 0 amide bonds. The Morgan fingerprint density at radius 1 is 1.32 bits per heavy atom. The van der Waals surface area contributed by atoms with E-state index in [1.807, 2.05) is 6.07 Å². The molecule has 0 aliphatic heterocycles. The average Bonchev–Trinajstić information content (AvgIpc) is 2.86. The van der Waals surface area contributed by atoms with Gasteiger partial charge in [-0.3, -0.25) is 0 Å². The predicted molar refractivity (Wildman–Crippen MR) is 72.5 cm³/mol. The summed E-state index contributed by atoms with van der Waals surface area (Å²) < 4.78 is 24.1. The topological polar surface area (TPSA) is 44.5 Å². The Morgan fingerprint density at radius 3 is 2.79 bits per heavy atom. The van der Waals surface area contributed by atoms with Crippen molar-refractivity contribution in [1.82, 2.24) is 0 Å². The van der Waals surface area contributed by atoms with Gasteiger partial charge in [-0.2, -0.15) is 0 Å². The van der Waals surface area contributed by atoms with Crippen LogP contribution >= 0.6 is 0 Å². The van der Waals surface area contributed by atoms with Crippen molar-refractivity contribution in [3.05, 3.63) is 29.6 Å². The van der Waals surface area contributed by atoms with Crippen LogP contribution in [0.4, 0.5) is 4.39 Å². The number of ether oxygens (including phenoxy) is 2. The van der Waals surface area contributed by atoms with Crippen molar-refractivity contribution in [3.8, 4) is 5.75 Å². The first-order chi connectivity index (χ1) is 9.24. The first-order valence-corrected chi connectivity index (χ1v) is 6.84. The van der Waals surface area contributed by atoms with Crippen LogP contribution in [0, 0.1) is 17.7 Å². The van der Waals surface area contributed by atoms with Crippen molar-refractivity contribution in [2.75, 3.05) is 20.3 Å². The minimum Gasteiger partial charge on any atom is -0.494 e. The lowest BCUT2D eigenvalue weighted by molar-refractivity contribution is 0.0752. The lowest BCUT2D eigenvalue weighted by atomic mass is 9.97. The van der Waals surface area contributed by atoms with Crippen LogP contribution in [0.15, 0.2) is 18.2 Å². The molecule has 2 unspecified atom stereocenters. The van der Waals surface area contributed by atoms with Gasteiger partial charge in [0.2, 0.25) is 0 Å². The van der Waals surface area contributed by atoms with E-state index >= 15 is 0 Å². The number of benzene rings is 1. The van der Waals surface area contributed by atoms with Gasteiger partial charge < -0.3 is 15.2 Å². The molecular formula is C15H22FNO2. The van der Waals surface area contributed by atoms with E-state index in [-0.39, 0.29) is 11.6 Å². The Balaban J connectivity index is 1.81. The summed E-state index contributed by atoms with van der Waals surface area (Å²) in [6, 6.07) is 4.93. The molecule has 1 fully saturated rings. The maximum absolute atomic E-state index is 13.5. The summed E-state index contributed by atoms with van der Waals surface area (Å²) in [5, 5.41) is 0. The van der Waals surface area contributed by atoms with Crippen LogP contribution in [-0.4, -0.2) is 20.3 Å². The fourth-order valence-corrected chi connectivity index (χ4v) is 2.77. The van der Waals surface area contributed by atoms with Gasteiger partial charge in [-0.25, -0.2) is 4.39 Å². The summed E-state index contributed by atoms with van der Waals surface area (Å²) in [7, 11) is 1.46. The lowest BCUT2D eigenvalue weighted by Crippen LogP contribution is -2.22. The molecule has 1 aliphatic carbocycles. The molecule has 4 heteroatoms. The maximum Gasteiger partial charge on any atom is 0.165 e. The molecule has 1 aliphatic rings. The number of nitrogens with two attached hydrogens (primary N) is 1. The minimum absolute atomic E-state index is 0.266. The smallest absolute Gasteiger partial charge is 0.165 e. The van der Waals surface area contributed by atoms with Crippen molar-refractivity contribution in [3.63, 3.8) is 0 Å². The summed E-state index contributed by atoms with van der Waals surface area (Å²) in [5.41, 5.74) is 6.57. The number of hydrogen-bond donors (Lipinski definition) is 1. The van der Waals surface area contributed by atoms with Crippen LogP contribution in [0.25, 0.3) is 0 Å². The van der Waals surface area contributed by atoms with Crippen molar-refractivity contribution in [2.24, 2.45) is 17.6 Å². The van der Waals surface area contributed by atoms with E-state index in [4.69, 9.17) is 15.2 Å². The van der Waals surface area contributed by atoms with Gasteiger partial charge in [0.25, 0.3) is 0 Å². The first-order valence-electron chi connectivity index (χ1n) is 6.84. The molecule has 0 heterocycles. The number of halogens is 1. The first kappa shape index (κ1) is 14.3. The third-order valence-electron chi connectivity index (χ3n) is 3.94. The second-order valence-electron chi connectivity index (χ2n) is 5.17. The number of hydrogen-bond acceptors (Lipinski definition) is 3. The Hall–Kier alpha value is -1.13. The van der Waals surface area contributed by atoms with Crippen molar-refractivity contribution >= 4 is 0 Å². The summed E-state index contributed by atoms with van der Waals surface area (Å²) >= 11 is 0. The van der Waals surface area contributed by atoms with Gasteiger partial charge in [0.05, 0.1) is 20.3 Å². The molecule has 1 saturated carbocycles. The highest BCUT2D eigenvalue weighted by Crippen LogP contribution is 2.31. The summed E-state index contributed by atoms with van der Waals surface area (Å²) in [4.78, 5) is 0. The Kier molecular flexibility index (Phi) is 5.16. The maximum atomic E-state index is 13.5. The lowest BCUT2D eigenvalue weighted by Gasteiger charge is -2.17. The largest absolute Gasteiger partial charge is 0.494 e. The van der Waals surface area contributed by atoms with Gasteiger partial charge >= 0.3 is 0 Å². The predicted octanol–water partition coefficient (Wildman–Crippen LogP) is 2.73. The fourth-order valence-electron chi connectivity index (χ4n) is 2.77. The van der Waals surface area contributed by atoms with Gasteiger partial charge in [0.1, 0.15) is 0 Å². The molecule has 106 valence electrons. The molecule has 0 bridgehead atoms. The summed E-state index contributed by atoms with van der Waals surface area (Å²) in [6.45, 7) is 1.90. The second kappa shape index (κ2) is 6.87. The molecule has 2 atom stereocenters. The fraction of sp³-hybridized carbons (Fsp3) is 0.600. The third kappa shape index (κ3) is 3.67. The Labute approximate surface area is 113 Å². The molecule has 1 aromatic rings. The van der Waals surface area contributed by atoms with Crippen LogP contribution in [0.5, 0.6) is 5.75 Å². The third-order valence-corrected chi connectivity index (χ3v) is 3.94. The molecule has 3 nitrogen and oxygen atoms in total. The van der Waals surface area contributed by atoms with Crippen LogP contribution in [0.2, 0.25) is 0 Å². The van der Waals surface area contributed by atoms with Crippen molar-refractivity contribution in [1.29, 1.82) is 0 Å². The van der Waals surface area contributed by atoms with E-state index < -0.39 is 0 Å². The van der Waals surface area contributed by atoms with Crippen molar-refractivity contribution < 1.29 is 13.9 Å². The molecule has 2 rings (SSSR count). The zero-order valence-electron chi connectivity index (χ0n) is 11.4. The highest BCUT2D eigenvalue weighted by Gasteiger charge is 2.25. The van der Waals surface area contributed by atoms with Crippen LogP contribution in [0.1, 0.15) is 24.8 Å². The van der Waals surface area contributed by atoms with E-state index in [1.54, 1.807) is 6.07 Å². The molecule has 19 heavy (non-hydrogen) atoms. The average molecular weight is 267 g/mol. The minimum atomic E-state index is -0.343. The molecule has 2 N–H and O–H groups in total. The van der Waals surface area contributed by atoms with Crippen LogP contribution in [0.3, 0.4) is 0 Å². The van der Waals surface area contributed by atoms with Crippen molar-refractivity contribution in [2.45, 2.75) is 25.9 Å². The molecule has 0 spiro atoms. The SMILES string of the molecule is COc1ccc(COCC2CCCC2CN)cc1F. The highest BCUT2D eigenvalue weighted by atomic mass is 19.1. The summed E-state index contributed by atoms with van der Waals surface area (Å²) in [6.07, 6.45) is 3.65. The standard InChI is InChI=1S/C15H22FNO2/c1-18-15-6-5-11(7-14(15)16)9-19-10-13-4-2-3-12(13)8-17/h5-7,12-13H,2-4,8-10,17H2,1H3. The van der Waals surface area contributed by atoms with Gasteiger partial charge in [-0.05, 0) is 48.9 Å². The number of methoxy groups -OCH3 is 1. The van der Waals surface area contributed by atoms with Crippen LogP contribution < -0.4 is 10.5 Å². The Morgan fingerprint density at radius 2 is 2.11 bits per heavy atom. The zero-order chi connectivity index (χ0) is 13.7. The monoisotopic (exact) mass is 267 g/mol. The molecule has 0 radical (unpaired) electrons. The molecule has 0 aromatic heterocycles. The van der Waals surface area contributed by atoms with Gasteiger partial charge in [-0.1, -0.05) is 12.5 Å². The second-order valence-corrected chi connectivity index (χ2v) is 5.17. The van der Waals surface area contributed by atoms with E-state index in [9.17, 15) is 4.39 Å². The highest BCUT2D eigenvalue weighted by molar-refractivity contribution is 5.28. The zero-order valence-corrected chi connectivity index (χ0v) is 11.4. The van der Waals surface area contributed by atoms with Gasteiger partial charge in [-0.15, -0.1) is 0 Å². The van der Waals surface area contributed by atoms with E-state index in [0.717, 1.165) is 18.7 Å². The molecule has 0 saturated heterocycles. The van der Waals surface area contributed by atoms with Gasteiger partial charge in [0.15, 0.2) is 11.6 Å². The van der Waals surface area contributed by atoms with Crippen LogP contribution in [-0.2, 0) is 11.3 Å². The summed E-state index contributed by atoms with van der Waals surface area (Å²) in [5.74, 6) is 1.08. The van der Waals surface area contributed by atoms with E-state index in [2.05, 4.69) is 0 Å². The normalized spacial score (nSPS) is 22.7. The number of rotatable bonds is 6.